The van der Waals surface area contributed by atoms with Crippen molar-refractivity contribution in [1.29, 1.82) is 0 Å². The fraction of sp³-hybridized carbons (Fsp3) is 0.286. The van der Waals surface area contributed by atoms with E-state index in [4.69, 9.17) is 5.11 Å². The standard InChI is InChI=1S/C14H14BrNO3/c1-7(8(2)14(18)19)13(17)9-6-16-11-5-3-4-10(15)12(9)11/h3-8,16H,1-2H3,(H,18,19). The largest absolute Gasteiger partial charge is 0.481 e. The zero-order valence-corrected chi connectivity index (χ0v) is 12.2. The average Bonchev–Trinajstić information content (AvgIpc) is 2.81. The highest BCUT2D eigenvalue weighted by molar-refractivity contribution is 9.10. The summed E-state index contributed by atoms with van der Waals surface area (Å²) in [6, 6.07) is 5.61. The van der Waals surface area contributed by atoms with Gasteiger partial charge in [-0.3, -0.25) is 9.59 Å². The number of carbonyl (C=O) groups excluding carboxylic acids is 1. The van der Waals surface area contributed by atoms with Gasteiger partial charge in [0.2, 0.25) is 0 Å². The number of hydrogen-bond acceptors (Lipinski definition) is 2. The second kappa shape index (κ2) is 5.17. The van der Waals surface area contributed by atoms with E-state index in [2.05, 4.69) is 20.9 Å². The van der Waals surface area contributed by atoms with Crippen LogP contribution in [0.15, 0.2) is 28.9 Å². The molecule has 0 fully saturated rings. The summed E-state index contributed by atoms with van der Waals surface area (Å²) in [6.07, 6.45) is 1.64. The second-order valence-corrected chi connectivity index (χ2v) is 5.50. The molecule has 2 rings (SSSR count). The quantitative estimate of drug-likeness (QED) is 0.846. The SMILES string of the molecule is CC(C(=O)O)C(C)C(=O)c1c[nH]c2cccc(Br)c12. The fourth-order valence-electron chi connectivity index (χ4n) is 2.02. The fourth-order valence-corrected chi connectivity index (χ4v) is 2.60. The Bertz CT molecular complexity index is 647. The zero-order valence-electron chi connectivity index (χ0n) is 10.6. The zero-order chi connectivity index (χ0) is 14.2. The van der Waals surface area contributed by atoms with Crippen molar-refractivity contribution in [1.82, 2.24) is 4.98 Å². The highest BCUT2D eigenvalue weighted by Gasteiger charge is 2.28. The minimum absolute atomic E-state index is 0.159. The Morgan fingerprint density at radius 2 is 1.95 bits per heavy atom. The molecule has 2 N–H and O–H groups in total. The minimum Gasteiger partial charge on any atom is -0.481 e. The van der Waals surface area contributed by atoms with Crippen LogP contribution in [0.25, 0.3) is 10.9 Å². The van der Waals surface area contributed by atoms with Gasteiger partial charge in [-0.2, -0.15) is 0 Å². The van der Waals surface area contributed by atoms with Gasteiger partial charge in [-0.05, 0) is 12.1 Å². The van der Waals surface area contributed by atoms with E-state index in [0.29, 0.717) is 5.56 Å². The number of rotatable bonds is 4. The molecule has 1 aromatic carbocycles. The summed E-state index contributed by atoms with van der Waals surface area (Å²) in [4.78, 5) is 26.4. The molecule has 0 radical (unpaired) electrons. The van der Waals surface area contributed by atoms with E-state index in [1.165, 1.54) is 0 Å². The molecule has 2 atom stereocenters. The molecular weight excluding hydrogens is 310 g/mol. The number of aromatic nitrogens is 1. The summed E-state index contributed by atoms with van der Waals surface area (Å²) in [7, 11) is 0. The number of hydrogen-bond donors (Lipinski definition) is 2. The number of aliphatic carboxylic acids is 1. The third kappa shape index (κ3) is 2.42. The van der Waals surface area contributed by atoms with Crippen molar-refractivity contribution >= 4 is 38.6 Å². The predicted molar refractivity (Wildman–Crippen MR) is 76.3 cm³/mol. The average molecular weight is 324 g/mol. The molecule has 1 heterocycles. The van der Waals surface area contributed by atoms with E-state index < -0.39 is 17.8 Å². The van der Waals surface area contributed by atoms with Gasteiger partial charge in [-0.1, -0.05) is 35.8 Å². The molecule has 19 heavy (non-hydrogen) atoms. The Balaban J connectivity index is 2.45. The van der Waals surface area contributed by atoms with E-state index in [0.717, 1.165) is 15.4 Å². The van der Waals surface area contributed by atoms with Crippen LogP contribution in [0.3, 0.4) is 0 Å². The first-order valence-electron chi connectivity index (χ1n) is 5.96. The van der Waals surface area contributed by atoms with Gasteiger partial charge in [0.05, 0.1) is 5.92 Å². The van der Waals surface area contributed by atoms with E-state index >= 15 is 0 Å². The molecule has 4 nitrogen and oxygen atoms in total. The maximum atomic E-state index is 12.4. The molecule has 0 spiro atoms. The number of Topliss-reactive ketones (excluding diaryl/α,β-unsaturated/α-hetero) is 1. The Kier molecular flexibility index (Phi) is 3.75. The van der Waals surface area contributed by atoms with Crippen LogP contribution in [0.2, 0.25) is 0 Å². The lowest BCUT2D eigenvalue weighted by molar-refractivity contribution is -0.142. The first-order chi connectivity index (χ1) is 8.93. The normalized spacial score (nSPS) is 14.3. The Labute approximate surface area is 118 Å². The maximum Gasteiger partial charge on any atom is 0.306 e. The molecule has 0 bridgehead atoms. The molecule has 0 aliphatic heterocycles. The number of carboxylic acids is 1. The van der Waals surface area contributed by atoms with Crippen LogP contribution in [0.5, 0.6) is 0 Å². The van der Waals surface area contributed by atoms with E-state index in [-0.39, 0.29) is 5.78 Å². The molecule has 0 aliphatic carbocycles. The molecule has 2 aromatic rings. The highest BCUT2D eigenvalue weighted by Crippen LogP contribution is 2.29. The topological polar surface area (TPSA) is 70.2 Å². The molecular formula is C14H14BrNO3. The smallest absolute Gasteiger partial charge is 0.306 e. The summed E-state index contributed by atoms with van der Waals surface area (Å²) in [5.41, 5.74) is 1.39. The summed E-state index contributed by atoms with van der Waals surface area (Å²) < 4.78 is 0.824. The third-order valence-electron chi connectivity index (χ3n) is 3.47. The number of benzene rings is 1. The van der Waals surface area contributed by atoms with Crippen molar-refractivity contribution in [3.8, 4) is 0 Å². The van der Waals surface area contributed by atoms with E-state index in [9.17, 15) is 9.59 Å². The van der Waals surface area contributed by atoms with Gasteiger partial charge in [0, 0.05) is 33.1 Å². The number of H-pyrrole nitrogens is 1. The van der Waals surface area contributed by atoms with Crippen LogP contribution >= 0.6 is 15.9 Å². The molecule has 2 unspecified atom stereocenters. The number of nitrogens with one attached hydrogen (secondary N) is 1. The van der Waals surface area contributed by atoms with Crippen LogP contribution in [0.1, 0.15) is 24.2 Å². The first-order valence-corrected chi connectivity index (χ1v) is 6.75. The van der Waals surface area contributed by atoms with E-state index in [1.807, 2.05) is 18.2 Å². The number of carboxylic acid groups (broad SMARTS) is 1. The monoisotopic (exact) mass is 323 g/mol. The van der Waals surface area contributed by atoms with Crippen molar-refractivity contribution < 1.29 is 14.7 Å². The Morgan fingerprint density at radius 1 is 1.26 bits per heavy atom. The number of halogens is 1. The van der Waals surface area contributed by atoms with Crippen molar-refractivity contribution in [2.24, 2.45) is 11.8 Å². The van der Waals surface area contributed by atoms with Crippen molar-refractivity contribution in [3.05, 3.63) is 34.4 Å². The molecule has 100 valence electrons. The number of aromatic amines is 1. The van der Waals surface area contributed by atoms with Gasteiger partial charge in [0.25, 0.3) is 0 Å². The highest BCUT2D eigenvalue weighted by atomic mass is 79.9. The molecule has 0 saturated carbocycles. The molecule has 0 saturated heterocycles. The van der Waals surface area contributed by atoms with Gasteiger partial charge in [-0.15, -0.1) is 0 Å². The Morgan fingerprint density at radius 3 is 2.58 bits per heavy atom. The molecule has 0 amide bonds. The summed E-state index contributed by atoms with van der Waals surface area (Å²) in [5, 5.41) is 9.80. The van der Waals surface area contributed by atoms with Crippen LogP contribution < -0.4 is 0 Å². The predicted octanol–water partition coefficient (Wildman–Crippen LogP) is 3.47. The lowest BCUT2D eigenvalue weighted by atomic mass is 9.88. The molecule has 0 aliphatic rings. The van der Waals surface area contributed by atoms with Crippen molar-refractivity contribution in [2.45, 2.75) is 13.8 Å². The maximum absolute atomic E-state index is 12.4. The van der Waals surface area contributed by atoms with E-state index in [1.54, 1.807) is 20.0 Å². The van der Waals surface area contributed by atoms with Crippen LogP contribution in [0, 0.1) is 11.8 Å². The molecule has 1 aromatic heterocycles. The number of fused-ring (bicyclic) bond motifs is 1. The lowest BCUT2D eigenvalue weighted by Crippen LogP contribution is -2.25. The summed E-state index contributed by atoms with van der Waals surface area (Å²) >= 11 is 3.42. The summed E-state index contributed by atoms with van der Waals surface area (Å²) in [6.45, 7) is 3.20. The molecule has 5 heteroatoms. The van der Waals surface area contributed by atoms with Gasteiger partial charge in [0.15, 0.2) is 5.78 Å². The van der Waals surface area contributed by atoms with Crippen LogP contribution in [0.4, 0.5) is 0 Å². The van der Waals surface area contributed by atoms with Crippen LogP contribution in [-0.4, -0.2) is 21.8 Å². The first kappa shape index (κ1) is 13.8. The van der Waals surface area contributed by atoms with Gasteiger partial charge in [-0.25, -0.2) is 0 Å². The van der Waals surface area contributed by atoms with Crippen molar-refractivity contribution in [3.63, 3.8) is 0 Å². The second-order valence-electron chi connectivity index (χ2n) is 4.64. The Hall–Kier alpha value is -1.62. The van der Waals surface area contributed by atoms with Gasteiger partial charge >= 0.3 is 5.97 Å². The lowest BCUT2D eigenvalue weighted by Gasteiger charge is -2.14. The van der Waals surface area contributed by atoms with Crippen LogP contribution in [-0.2, 0) is 4.79 Å². The summed E-state index contributed by atoms with van der Waals surface area (Å²) in [5.74, 6) is -2.39. The number of carbonyl (C=O) groups is 2. The van der Waals surface area contributed by atoms with Crippen molar-refractivity contribution in [2.75, 3.05) is 0 Å². The number of ketones is 1. The third-order valence-corrected chi connectivity index (χ3v) is 4.13. The van der Waals surface area contributed by atoms with Gasteiger partial charge < -0.3 is 10.1 Å². The minimum atomic E-state index is -0.959. The van der Waals surface area contributed by atoms with Gasteiger partial charge in [0.1, 0.15) is 0 Å².